The van der Waals surface area contributed by atoms with Crippen LogP contribution < -0.4 is 9.47 Å². The topological polar surface area (TPSA) is 109 Å². The fourth-order valence-electron chi connectivity index (χ4n) is 5.37. The van der Waals surface area contributed by atoms with E-state index in [1.807, 2.05) is 6.07 Å². The molecule has 8 heteroatoms. The van der Waals surface area contributed by atoms with E-state index in [2.05, 4.69) is 4.98 Å². The van der Waals surface area contributed by atoms with Gasteiger partial charge in [0, 0.05) is 10.9 Å². The second-order valence-electron chi connectivity index (χ2n) is 8.02. The minimum Gasteiger partial charge on any atom is -0.495 e. The van der Waals surface area contributed by atoms with E-state index >= 15 is 0 Å². The Hall–Kier alpha value is -3.13. The Balaban J connectivity index is 1.89. The second kappa shape index (κ2) is 7.20. The van der Waals surface area contributed by atoms with Crippen LogP contribution in [0.3, 0.4) is 0 Å². The van der Waals surface area contributed by atoms with E-state index in [1.165, 1.54) is 19.5 Å². The van der Waals surface area contributed by atoms with Gasteiger partial charge in [-0.25, -0.2) is 0 Å². The lowest BCUT2D eigenvalue weighted by atomic mass is 9.70. The number of halogens is 1. The van der Waals surface area contributed by atoms with Gasteiger partial charge in [0.15, 0.2) is 11.2 Å². The maximum Gasteiger partial charge on any atom is 0.310 e. The average Bonchev–Trinajstić information content (AvgIpc) is 3.18. The van der Waals surface area contributed by atoms with Gasteiger partial charge in [-0.2, -0.15) is 0 Å². The summed E-state index contributed by atoms with van der Waals surface area (Å²) in [7, 11) is 1.41. The van der Waals surface area contributed by atoms with Crippen LogP contribution in [0, 0.1) is 5.92 Å². The Kier molecular flexibility index (Phi) is 4.67. The summed E-state index contributed by atoms with van der Waals surface area (Å²) < 4.78 is 11.9. The molecule has 1 aliphatic carbocycles. The summed E-state index contributed by atoms with van der Waals surface area (Å²) in [6.07, 6.45) is 1.12. The van der Waals surface area contributed by atoms with Crippen molar-refractivity contribution in [3.63, 3.8) is 0 Å². The number of aliphatic hydroxyl groups is 2. The molecule has 7 nitrogen and oxygen atoms in total. The van der Waals surface area contributed by atoms with Crippen molar-refractivity contribution in [1.82, 2.24) is 4.98 Å². The highest BCUT2D eigenvalue weighted by Crippen LogP contribution is 2.69. The molecule has 1 fully saturated rings. The van der Waals surface area contributed by atoms with E-state index in [9.17, 15) is 20.1 Å². The summed E-state index contributed by atoms with van der Waals surface area (Å²) >= 11 is 6.11. The molecule has 5 rings (SSSR count). The number of aliphatic carboxylic acids is 1. The van der Waals surface area contributed by atoms with Crippen molar-refractivity contribution in [3.8, 4) is 11.5 Å². The number of nitrogens with zero attached hydrogens (tertiary/aromatic N) is 1. The highest BCUT2D eigenvalue weighted by atomic mass is 35.5. The number of pyridine rings is 1. The summed E-state index contributed by atoms with van der Waals surface area (Å²) in [5.41, 5.74) is -2.58. The predicted molar refractivity (Wildman–Crippen MR) is 115 cm³/mol. The molecule has 0 radical (unpaired) electrons. The Labute approximate surface area is 188 Å². The summed E-state index contributed by atoms with van der Waals surface area (Å²) in [5, 5.41) is 34.4. The lowest BCUT2D eigenvalue weighted by Gasteiger charge is -2.40. The number of fused-ring (bicyclic) bond motifs is 3. The summed E-state index contributed by atoms with van der Waals surface area (Å²) in [6.45, 7) is 0. The van der Waals surface area contributed by atoms with Gasteiger partial charge in [0.25, 0.3) is 0 Å². The quantitative estimate of drug-likeness (QED) is 0.557. The number of aromatic nitrogens is 1. The van der Waals surface area contributed by atoms with Crippen LogP contribution in [0.1, 0.15) is 22.6 Å². The maximum atomic E-state index is 12.5. The van der Waals surface area contributed by atoms with E-state index in [4.69, 9.17) is 21.1 Å². The number of carboxylic acid groups (broad SMARTS) is 1. The Morgan fingerprint density at radius 3 is 2.44 bits per heavy atom. The van der Waals surface area contributed by atoms with Gasteiger partial charge in [0.05, 0.1) is 31.0 Å². The number of methoxy groups -OCH3 is 1. The van der Waals surface area contributed by atoms with Crippen molar-refractivity contribution in [2.45, 2.75) is 23.2 Å². The van der Waals surface area contributed by atoms with E-state index < -0.39 is 35.1 Å². The molecule has 164 valence electrons. The highest BCUT2D eigenvalue weighted by Gasteiger charge is 2.78. The molecule has 0 unspecified atom stereocenters. The van der Waals surface area contributed by atoms with E-state index in [0.29, 0.717) is 16.1 Å². The first-order valence-electron chi connectivity index (χ1n) is 10.0. The number of benzene rings is 2. The number of hydrogen-bond donors (Lipinski definition) is 3. The molecule has 2 aromatic carbocycles. The number of hydrogen-bond acceptors (Lipinski definition) is 6. The van der Waals surface area contributed by atoms with Gasteiger partial charge < -0.3 is 24.8 Å². The molecule has 1 saturated carbocycles. The Morgan fingerprint density at radius 2 is 1.81 bits per heavy atom. The molecular formula is C24H20ClNO6. The molecule has 2 heterocycles. The van der Waals surface area contributed by atoms with Crippen molar-refractivity contribution in [2.75, 3.05) is 7.11 Å². The molecule has 1 aliphatic heterocycles. The van der Waals surface area contributed by atoms with Crippen molar-refractivity contribution in [3.05, 3.63) is 88.7 Å². The second-order valence-corrected chi connectivity index (χ2v) is 8.46. The zero-order valence-electron chi connectivity index (χ0n) is 17.0. The highest BCUT2D eigenvalue weighted by molar-refractivity contribution is 6.30. The van der Waals surface area contributed by atoms with E-state index in [-0.39, 0.29) is 17.1 Å². The van der Waals surface area contributed by atoms with Crippen LogP contribution in [0.5, 0.6) is 11.5 Å². The van der Waals surface area contributed by atoms with Gasteiger partial charge in [-0.05, 0) is 23.3 Å². The SMILES string of the molecule is COc1cncc2c1[C@]1(O)[C@H](O)[C@H](C(=O)O)[C@@H](c3ccccc3)[C@]1(c1ccc(Cl)cc1)O2. The molecule has 1 aromatic heterocycles. The standard InChI is InChI=1S/C24H20ClNO6/c1-31-16-11-26-12-17-20(16)23(30)21(27)18(22(28)29)19(13-5-3-2-4-6-13)24(23,32-17)14-7-9-15(25)10-8-14/h2-12,18-19,21,27,30H,1H3,(H,28,29)/t18-,19-,21-,23+,24+/m1/s1. The number of ether oxygens (including phenoxy) is 2. The van der Waals surface area contributed by atoms with Gasteiger partial charge in [-0.3, -0.25) is 9.78 Å². The summed E-state index contributed by atoms with van der Waals surface area (Å²) in [4.78, 5) is 16.6. The van der Waals surface area contributed by atoms with Crippen LogP contribution in [0.2, 0.25) is 5.02 Å². The smallest absolute Gasteiger partial charge is 0.310 e. The molecule has 0 saturated heterocycles. The van der Waals surface area contributed by atoms with Gasteiger partial charge in [-0.15, -0.1) is 0 Å². The normalized spacial score (nSPS) is 30.3. The monoisotopic (exact) mass is 453 g/mol. The lowest BCUT2D eigenvalue weighted by molar-refractivity contribution is -0.159. The summed E-state index contributed by atoms with van der Waals surface area (Å²) in [5.74, 6) is -3.16. The minimum absolute atomic E-state index is 0.169. The molecule has 3 N–H and O–H groups in total. The first-order valence-corrected chi connectivity index (χ1v) is 10.4. The van der Waals surface area contributed by atoms with Crippen molar-refractivity contribution in [2.24, 2.45) is 5.92 Å². The molecule has 0 amide bonds. The van der Waals surface area contributed by atoms with E-state index in [1.54, 1.807) is 48.5 Å². The largest absolute Gasteiger partial charge is 0.495 e. The first-order chi connectivity index (χ1) is 15.4. The zero-order valence-corrected chi connectivity index (χ0v) is 17.7. The lowest BCUT2D eigenvalue weighted by Crippen LogP contribution is -2.52. The molecule has 5 atom stereocenters. The fraction of sp³-hybridized carbons (Fsp3) is 0.250. The van der Waals surface area contributed by atoms with Crippen LogP contribution in [-0.2, 0) is 16.0 Å². The average molecular weight is 454 g/mol. The third kappa shape index (κ3) is 2.50. The van der Waals surface area contributed by atoms with Crippen LogP contribution in [0.25, 0.3) is 0 Å². The van der Waals surface area contributed by atoms with Gasteiger partial charge >= 0.3 is 5.97 Å². The van der Waals surface area contributed by atoms with Crippen LogP contribution in [0.4, 0.5) is 0 Å². The number of carbonyl (C=O) groups is 1. The zero-order chi connectivity index (χ0) is 22.7. The maximum absolute atomic E-state index is 12.5. The van der Waals surface area contributed by atoms with Gasteiger partial charge in [0.2, 0.25) is 0 Å². The third-order valence-electron chi connectivity index (χ3n) is 6.60. The molecule has 32 heavy (non-hydrogen) atoms. The number of rotatable bonds is 4. The minimum atomic E-state index is -2.14. The van der Waals surface area contributed by atoms with Crippen LogP contribution >= 0.6 is 11.6 Å². The van der Waals surface area contributed by atoms with Gasteiger partial charge in [0.1, 0.15) is 17.6 Å². The summed E-state index contributed by atoms with van der Waals surface area (Å²) in [6, 6.07) is 15.5. The number of aliphatic hydroxyl groups excluding tert-OH is 1. The first kappa shape index (κ1) is 20.8. The molecule has 0 bridgehead atoms. The van der Waals surface area contributed by atoms with Crippen molar-refractivity contribution >= 4 is 17.6 Å². The molecule has 3 aromatic rings. The van der Waals surface area contributed by atoms with Gasteiger partial charge in [-0.1, -0.05) is 54.1 Å². The molecule has 2 aliphatic rings. The van der Waals surface area contributed by atoms with Crippen LogP contribution in [-0.4, -0.2) is 39.5 Å². The Morgan fingerprint density at radius 1 is 1.12 bits per heavy atom. The van der Waals surface area contributed by atoms with Crippen molar-refractivity contribution in [1.29, 1.82) is 0 Å². The third-order valence-corrected chi connectivity index (χ3v) is 6.85. The Bertz CT molecular complexity index is 1190. The number of carboxylic acids is 1. The fourth-order valence-corrected chi connectivity index (χ4v) is 5.49. The molecule has 0 spiro atoms. The van der Waals surface area contributed by atoms with Crippen LogP contribution in [0.15, 0.2) is 67.0 Å². The van der Waals surface area contributed by atoms with Crippen molar-refractivity contribution < 1.29 is 29.6 Å². The molecular weight excluding hydrogens is 434 g/mol. The predicted octanol–water partition coefficient (Wildman–Crippen LogP) is 3.08. The van der Waals surface area contributed by atoms with E-state index in [0.717, 1.165) is 0 Å².